The van der Waals surface area contributed by atoms with Crippen LogP contribution in [0.25, 0.3) is 0 Å². The van der Waals surface area contributed by atoms with Gasteiger partial charge in [-0.1, -0.05) is 0 Å². The summed E-state index contributed by atoms with van der Waals surface area (Å²) in [5.41, 5.74) is 0. The van der Waals surface area contributed by atoms with E-state index >= 15 is 0 Å². The summed E-state index contributed by atoms with van der Waals surface area (Å²) in [6.45, 7) is 0. The number of rotatable bonds is 0. The van der Waals surface area contributed by atoms with Crippen molar-refractivity contribution in [2.24, 2.45) is 59.2 Å². The molecule has 0 aromatic carbocycles. The first-order valence-electron chi connectivity index (χ1n) is 6.97. The molecule has 0 aromatic rings. The van der Waals surface area contributed by atoms with E-state index in [2.05, 4.69) is 0 Å². The first-order chi connectivity index (χ1) is 6.97. The first-order valence-corrected chi connectivity index (χ1v) is 6.97. The van der Waals surface area contributed by atoms with E-state index in [0.717, 1.165) is 0 Å². The molecule has 0 radical (unpaired) electrons. The fraction of sp³-hybridized carbons (Fsp3) is 1.00. The van der Waals surface area contributed by atoms with Crippen LogP contribution in [0.1, 0.15) is 25.7 Å². The van der Waals surface area contributed by atoms with Crippen molar-refractivity contribution in [3.8, 4) is 0 Å². The molecule has 7 rings (SSSR count). The van der Waals surface area contributed by atoms with E-state index in [4.69, 9.17) is 0 Å². The van der Waals surface area contributed by atoms with Gasteiger partial charge in [0.1, 0.15) is 0 Å². The highest BCUT2D eigenvalue weighted by Crippen LogP contribution is 2.86. The highest BCUT2D eigenvalue weighted by Gasteiger charge is 2.81. The summed E-state index contributed by atoms with van der Waals surface area (Å²) in [5, 5.41) is 0. The summed E-state index contributed by atoms with van der Waals surface area (Å²) in [6, 6.07) is 0. The van der Waals surface area contributed by atoms with Crippen LogP contribution < -0.4 is 0 Å². The van der Waals surface area contributed by atoms with Gasteiger partial charge in [-0.25, -0.2) is 0 Å². The SMILES string of the molecule is C1CC2C3C4CCC5C3C1C1C5C4C21. The Balaban J connectivity index is 1.72. The predicted octanol–water partition coefficient (Wildman–Crippen LogP) is 2.79. The number of fused-ring (bicyclic) bond motifs is 2. The summed E-state index contributed by atoms with van der Waals surface area (Å²) in [6.07, 6.45) is 6.61. The monoisotopic (exact) mass is 186 g/mol. The molecule has 7 fully saturated rings. The molecule has 74 valence electrons. The number of hydrogen-bond donors (Lipinski definition) is 0. The van der Waals surface area contributed by atoms with E-state index < -0.39 is 0 Å². The Morgan fingerprint density at radius 3 is 0.929 bits per heavy atom. The van der Waals surface area contributed by atoms with Crippen molar-refractivity contribution in [1.82, 2.24) is 0 Å². The van der Waals surface area contributed by atoms with E-state index in [1.54, 1.807) is 25.7 Å². The van der Waals surface area contributed by atoms with Gasteiger partial charge in [-0.3, -0.25) is 0 Å². The van der Waals surface area contributed by atoms with Crippen molar-refractivity contribution in [3.63, 3.8) is 0 Å². The van der Waals surface area contributed by atoms with Crippen molar-refractivity contribution in [1.29, 1.82) is 0 Å². The van der Waals surface area contributed by atoms with Crippen LogP contribution in [0.5, 0.6) is 0 Å². The molecule has 0 N–H and O–H groups in total. The van der Waals surface area contributed by atoms with Crippen LogP contribution in [-0.4, -0.2) is 0 Å². The molecule has 7 saturated carbocycles. The molecule has 0 aliphatic heterocycles. The molecule has 14 heavy (non-hydrogen) atoms. The van der Waals surface area contributed by atoms with Crippen molar-refractivity contribution in [2.45, 2.75) is 25.7 Å². The summed E-state index contributed by atoms with van der Waals surface area (Å²) in [7, 11) is 0. The Bertz CT molecular complexity index is 261. The van der Waals surface area contributed by atoms with Crippen LogP contribution in [0.2, 0.25) is 0 Å². The second-order valence-electron chi connectivity index (χ2n) is 7.27. The van der Waals surface area contributed by atoms with Gasteiger partial charge in [-0.2, -0.15) is 0 Å². The highest BCUT2D eigenvalue weighted by atomic mass is 14.9. The Labute approximate surface area is 85.4 Å². The van der Waals surface area contributed by atoms with Crippen molar-refractivity contribution in [2.75, 3.05) is 0 Å². The van der Waals surface area contributed by atoms with E-state index in [-0.39, 0.29) is 0 Å². The maximum Gasteiger partial charge on any atom is -0.0315 e. The zero-order valence-corrected chi connectivity index (χ0v) is 8.60. The molecule has 0 heteroatoms. The van der Waals surface area contributed by atoms with Crippen LogP contribution in [0, 0.1) is 59.2 Å². The Hall–Kier alpha value is 0. The van der Waals surface area contributed by atoms with Crippen molar-refractivity contribution in [3.05, 3.63) is 0 Å². The van der Waals surface area contributed by atoms with Gasteiger partial charge in [0.05, 0.1) is 0 Å². The van der Waals surface area contributed by atoms with Gasteiger partial charge in [0.25, 0.3) is 0 Å². The average Bonchev–Trinajstić information content (AvgIpc) is 2.57. The summed E-state index contributed by atoms with van der Waals surface area (Å²) < 4.78 is 0. The molecular weight excluding hydrogens is 168 g/mol. The van der Waals surface area contributed by atoms with E-state index in [0.29, 0.717) is 0 Å². The molecule has 0 aromatic heterocycles. The summed E-state index contributed by atoms with van der Waals surface area (Å²) >= 11 is 0. The minimum Gasteiger partial charge on any atom is -0.0496 e. The fourth-order valence-corrected chi connectivity index (χ4v) is 8.28. The Morgan fingerprint density at radius 1 is 0.357 bits per heavy atom. The van der Waals surface area contributed by atoms with E-state index in [1.807, 2.05) is 0 Å². The molecule has 0 spiro atoms. The largest absolute Gasteiger partial charge is 0.0496 e. The van der Waals surface area contributed by atoms with E-state index in [1.165, 1.54) is 59.2 Å². The molecule has 4 unspecified atom stereocenters. The lowest BCUT2D eigenvalue weighted by Gasteiger charge is -2.56. The molecular formula is C14H18. The van der Waals surface area contributed by atoms with Crippen molar-refractivity contribution < 1.29 is 0 Å². The minimum atomic E-state index is 1.26. The third-order valence-corrected chi connectivity index (χ3v) is 7.84. The Kier molecular flexibility index (Phi) is 0.758. The highest BCUT2D eigenvalue weighted by molar-refractivity contribution is 5.28. The van der Waals surface area contributed by atoms with Gasteiger partial charge in [0.15, 0.2) is 0 Å². The van der Waals surface area contributed by atoms with Crippen LogP contribution in [0.15, 0.2) is 0 Å². The molecule has 0 saturated heterocycles. The van der Waals surface area contributed by atoms with Gasteiger partial charge in [-0.05, 0) is 84.9 Å². The van der Waals surface area contributed by atoms with Crippen LogP contribution >= 0.6 is 0 Å². The van der Waals surface area contributed by atoms with Gasteiger partial charge in [0, 0.05) is 0 Å². The van der Waals surface area contributed by atoms with E-state index in [9.17, 15) is 0 Å². The van der Waals surface area contributed by atoms with Gasteiger partial charge < -0.3 is 0 Å². The predicted molar refractivity (Wildman–Crippen MR) is 53.4 cm³/mol. The maximum absolute atomic E-state index is 1.65. The molecule has 0 amide bonds. The molecule has 4 bridgehead atoms. The second kappa shape index (κ2) is 1.62. The molecule has 4 atom stereocenters. The standard InChI is InChI=1S/C14H18/c1-2-6-10-8-4-3-7-9(10)5(1)11-12(6)14(8)13(7)11/h5-14H,1-4H2. The average molecular weight is 186 g/mol. The van der Waals surface area contributed by atoms with Gasteiger partial charge >= 0.3 is 0 Å². The second-order valence-corrected chi connectivity index (χ2v) is 7.27. The summed E-state index contributed by atoms with van der Waals surface area (Å²) in [4.78, 5) is 0. The first kappa shape index (κ1) is 6.55. The Morgan fingerprint density at radius 2 is 0.643 bits per heavy atom. The van der Waals surface area contributed by atoms with Crippen LogP contribution in [-0.2, 0) is 0 Å². The third kappa shape index (κ3) is 0.378. The number of hydrogen-bond acceptors (Lipinski definition) is 0. The lowest BCUT2D eigenvalue weighted by atomic mass is 9.48. The van der Waals surface area contributed by atoms with Gasteiger partial charge in [-0.15, -0.1) is 0 Å². The van der Waals surface area contributed by atoms with Crippen molar-refractivity contribution >= 4 is 0 Å². The molecule has 7 aliphatic carbocycles. The van der Waals surface area contributed by atoms with Crippen LogP contribution in [0.3, 0.4) is 0 Å². The fourth-order valence-electron chi connectivity index (χ4n) is 8.28. The normalized spacial score (nSPS) is 84.0. The zero-order chi connectivity index (χ0) is 8.60. The lowest BCUT2D eigenvalue weighted by Crippen LogP contribution is -2.52. The zero-order valence-electron chi connectivity index (χ0n) is 8.60. The van der Waals surface area contributed by atoms with Crippen LogP contribution in [0.4, 0.5) is 0 Å². The third-order valence-electron chi connectivity index (χ3n) is 7.84. The molecule has 0 nitrogen and oxygen atoms in total. The summed E-state index contributed by atoms with van der Waals surface area (Å²) in [5.74, 6) is 12.7. The molecule has 0 heterocycles. The quantitative estimate of drug-likeness (QED) is 0.545. The molecule has 7 aliphatic rings. The smallest absolute Gasteiger partial charge is 0.0315 e. The van der Waals surface area contributed by atoms with Gasteiger partial charge in [0.2, 0.25) is 0 Å². The lowest BCUT2D eigenvalue weighted by molar-refractivity contribution is -0.0918. The topological polar surface area (TPSA) is 0 Å². The maximum atomic E-state index is 1.65. The minimum absolute atomic E-state index is 1.26.